The van der Waals surface area contributed by atoms with Crippen LogP contribution in [0.15, 0.2) is 34.4 Å². The van der Waals surface area contributed by atoms with Gasteiger partial charge in [-0.1, -0.05) is 6.07 Å². The predicted molar refractivity (Wildman–Crippen MR) is 61.7 cm³/mol. The van der Waals surface area contributed by atoms with E-state index >= 15 is 0 Å². The number of rotatable bonds is 3. The number of hydrogen-bond donors (Lipinski definition) is 0. The first kappa shape index (κ1) is 10.9. The van der Waals surface area contributed by atoms with E-state index in [9.17, 15) is 4.79 Å². The third-order valence-electron chi connectivity index (χ3n) is 2.17. The third-order valence-corrected chi connectivity index (χ3v) is 3.30. The van der Waals surface area contributed by atoms with E-state index in [1.54, 1.807) is 10.9 Å². The number of nitrogens with zero attached hydrogens (tertiary/aromatic N) is 3. The van der Waals surface area contributed by atoms with Crippen LogP contribution in [-0.4, -0.2) is 21.1 Å². The van der Waals surface area contributed by atoms with E-state index in [1.807, 2.05) is 32.2 Å². The standard InChI is InChI=1S/C11H11N3OS/c1-8-9(7-15)11(14(2)13-8)16-10-5-3-4-6-12-10/h3-7H,1-2H3. The lowest BCUT2D eigenvalue weighted by molar-refractivity contribution is 0.112. The monoisotopic (exact) mass is 233 g/mol. The second-order valence-electron chi connectivity index (χ2n) is 3.32. The van der Waals surface area contributed by atoms with Crippen LogP contribution in [0.5, 0.6) is 0 Å². The van der Waals surface area contributed by atoms with Crippen LogP contribution >= 0.6 is 11.8 Å². The average Bonchev–Trinajstić information content (AvgIpc) is 2.55. The summed E-state index contributed by atoms with van der Waals surface area (Å²) in [5.41, 5.74) is 1.38. The zero-order chi connectivity index (χ0) is 11.5. The van der Waals surface area contributed by atoms with E-state index in [0.717, 1.165) is 22.0 Å². The van der Waals surface area contributed by atoms with E-state index in [0.29, 0.717) is 5.56 Å². The van der Waals surface area contributed by atoms with Crippen molar-refractivity contribution in [3.05, 3.63) is 35.7 Å². The normalized spacial score (nSPS) is 10.4. The van der Waals surface area contributed by atoms with Gasteiger partial charge in [0.15, 0.2) is 6.29 Å². The fraction of sp³-hybridized carbons (Fsp3) is 0.182. The van der Waals surface area contributed by atoms with Gasteiger partial charge in [-0.05, 0) is 30.8 Å². The summed E-state index contributed by atoms with van der Waals surface area (Å²) in [5, 5.41) is 5.90. The molecule has 0 fully saturated rings. The highest BCUT2D eigenvalue weighted by Crippen LogP contribution is 2.28. The van der Waals surface area contributed by atoms with Gasteiger partial charge in [0.1, 0.15) is 10.1 Å². The van der Waals surface area contributed by atoms with Crippen molar-refractivity contribution < 1.29 is 4.79 Å². The Morgan fingerprint density at radius 1 is 1.44 bits per heavy atom. The lowest BCUT2D eigenvalue weighted by Gasteiger charge is -2.01. The molecule has 4 nitrogen and oxygen atoms in total. The van der Waals surface area contributed by atoms with Crippen LogP contribution in [0.4, 0.5) is 0 Å². The Kier molecular flexibility index (Phi) is 3.05. The van der Waals surface area contributed by atoms with Gasteiger partial charge in [-0.25, -0.2) is 4.98 Å². The summed E-state index contributed by atoms with van der Waals surface area (Å²) >= 11 is 1.44. The van der Waals surface area contributed by atoms with E-state index in [4.69, 9.17) is 0 Å². The van der Waals surface area contributed by atoms with E-state index < -0.39 is 0 Å². The van der Waals surface area contributed by atoms with Gasteiger partial charge < -0.3 is 0 Å². The third kappa shape index (κ3) is 1.99. The van der Waals surface area contributed by atoms with Crippen molar-refractivity contribution in [2.75, 3.05) is 0 Å². The fourth-order valence-corrected chi connectivity index (χ4v) is 2.35. The molecule has 82 valence electrons. The van der Waals surface area contributed by atoms with Crippen molar-refractivity contribution in [1.29, 1.82) is 0 Å². The lowest BCUT2D eigenvalue weighted by Crippen LogP contribution is -1.93. The molecule has 0 N–H and O–H groups in total. The summed E-state index contributed by atoms with van der Waals surface area (Å²) in [4.78, 5) is 15.2. The molecule has 0 bridgehead atoms. The lowest BCUT2D eigenvalue weighted by atomic mass is 10.3. The van der Waals surface area contributed by atoms with Gasteiger partial charge in [-0.3, -0.25) is 9.48 Å². The number of aryl methyl sites for hydroxylation is 2. The molecular weight excluding hydrogens is 222 g/mol. The minimum absolute atomic E-state index is 0.637. The highest BCUT2D eigenvalue weighted by molar-refractivity contribution is 7.99. The SMILES string of the molecule is Cc1nn(C)c(Sc2ccccn2)c1C=O. The molecule has 0 amide bonds. The van der Waals surface area contributed by atoms with Gasteiger partial charge in [0.05, 0.1) is 11.3 Å². The van der Waals surface area contributed by atoms with Crippen LogP contribution in [0.3, 0.4) is 0 Å². The molecule has 0 saturated heterocycles. The van der Waals surface area contributed by atoms with Crippen molar-refractivity contribution in [2.45, 2.75) is 17.0 Å². The highest BCUT2D eigenvalue weighted by Gasteiger charge is 2.13. The minimum Gasteiger partial charge on any atom is -0.298 e. The van der Waals surface area contributed by atoms with Gasteiger partial charge in [0.2, 0.25) is 0 Å². The van der Waals surface area contributed by atoms with Crippen LogP contribution < -0.4 is 0 Å². The molecule has 0 aromatic carbocycles. The van der Waals surface area contributed by atoms with Crippen LogP contribution in [-0.2, 0) is 7.05 Å². The summed E-state index contributed by atoms with van der Waals surface area (Å²) < 4.78 is 1.71. The second-order valence-corrected chi connectivity index (χ2v) is 4.32. The molecule has 0 spiro atoms. The van der Waals surface area contributed by atoms with Crippen LogP contribution in [0.2, 0.25) is 0 Å². The summed E-state index contributed by atoms with van der Waals surface area (Å²) in [7, 11) is 1.82. The maximum Gasteiger partial charge on any atom is 0.154 e. The van der Waals surface area contributed by atoms with Gasteiger partial charge >= 0.3 is 0 Å². The first-order valence-electron chi connectivity index (χ1n) is 4.80. The first-order valence-corrected chi connectivity index (χ1v) is 5.61. The van der Waals surface area contributed by atoms with Crippen molar-refractivity contribution in [1.82, 2.24) is 14.8 Å². The van der Waals surface area contributed by atoms with Gasteiger partial charge in [-0.15, -0.1) is 0 Å². The predicted octanol–water partition coefficient (Wildman–Crippen LogP) is 2.09. The summed E-state index contributed by atoms with van der Waals surface area (Å²) in [5.74, 6) is 0. The molecular formula is C11H11N3OS. The van der Waals surface area contributed by atoms with Crippen molar-refractivity contribution >= 4 is 18.0 Å². The average molecular weight is 233 g/mol. The van der Waals surface area contributed by atoms with Crippen molar-refractivity contribution in [3.8, 4) is 0 Å². The molecule has 0 radical (unpaired) electrons. The Labute approximate surface area is 97.7 Å². The molecule has 0 atom stereocenters. The molecule has 2 rings (SSSR count). The van der Waals surface area contributed by atoms with Crippen LogP contribution in [0.1, 0.15) is 16.1 Å². The Balaban J connectivity index is 2.38. The molecule has 5 heteroatoms. The summed E-state index contributed by atoms with van der Waals surface area (Å²) in [6.45, 7) is 1.83. The molecule has 0 saturated carbocycles. The Bertz CT molecular complexity index is 507. The maximum absolute atomic E-state index is 11.0. The number of aldehydes is 1. The Hall–Kier alpha value is -1.62. The second kappa shape index (κ2) is 4.49. The molecule has 0 aliphatic rings. The van der Waals surface area contributed by atoms with Gasteiger partial charge in [0.25, 0.3) is 0 Å². The molecule has 2 heterocycles. The Morgan fingerprint density at radius 2 is 2.25 bits per heavy atom. The zero-order valence-electron chi connectivity index (χ0n) is 9.04. The summed E-state index contributed by atoms with van der Waals surface area (Å²) in [6.07, 6.45) is 2.57. The highest BCUT2D eigenvalue weighted by atomic mass is 32.2. The molecule has 16 heavy (non-hydrogen) atoms. The van der Waals surface area contributed by atoms with Crippen molar-refractivity contribution in [2.24, 2.45) is 7.05 Å². The maximum atomic E-state index is 11.0. The smallest absolute Gasteiger partial charge is 0.154 e. The molecule has 0 unspecified atom stereocenters. The van der Waals surface area contributed by atoms with Crippen LogP contribution in [0.25, 0.3) is 0 Å². The number of carbonyl (C=O) groups is 1. The minimum atomic E-state index is 0.637. The van der Waals surface area contributed by atoms with Crippen LogP contribution in [0, 0.1) is 6.92 Å². The van der Waals surface area contributed by atoms with Crippen molar-refractivity contribution in [3.63, 3.8) is 0 Å². The van der Waals surface area contributed by atoms with Gasteiger partial charge in [-0.2, -0.15) is 5.10 Å². The fourth-order valence-electron chi connectivity index (χ4n) is 1.42. The molecule has 0 aliphatic heterocycles. The van der Waals surface area contributed by atoms with E-state index in [1.165, 1.54) is 11.8 Å². The topological polar surface area (TPSA) is 47.8 Å². The first-order chi connectivity index (χ1) is 7.72. The van der Waals surface area contributed by atoms with E-state index in [-0.39, 0.29) is 0 Å². The van der Waals surface area contributed by atoms with Gasteiger partial charge in [0, 0.05) is 13.2 Å². The number of pyridine rings is 1. The number of hydrogen-bond acceptors (Lipinski definition) is 4. The molecule has 2 aromatic rings. The molecule has 2 aromatic heterocycles. The molecule has 0 aliphatic carbocycles. The largest absolute Gasteiger partial charge is 0.298 e. The van der Waals surface area contributed by atoms with E-state index in [2.05, 4.69) is 10.1 Å². The quantitative estimate of drug-likeness (QED) is 0.762. The zero-order valence-corrected chi connectivity index (χ0v) is 9.86. The Morgan fingerprint density at radius 3 is 2.88 bits per heavy atom. The number of carbonyl (C=O) groups excluding carboxylic acids is 1. The number of aromatic nitrogens is 3. The summed E-state index contributed by atoms with van der Waals surface area (Å²) in [6, 6.07) is 5.68.